The molecule has 2 aromatic carbocycles. The topological polar surface area (TPSA) is 78.4 Å². The third-order valence-corrected chi connectivity index (χ3v) is 4.58. The summed E-state index contributed by atoms with van der Waals surface area (Å²) >= 11 is 2.20. The molecular weight excluding hydrogens is 487 g/mol. The second-order valence-electron chi connectivity index (χ2n) is 5.91. The Hall–Kier alpha value is -2.49. The minimum atomic E-state index is -0.374. The lowest BCUT2D eigenvalue weighted by atomic mass is 10.2. The number of halogens is 1. The number of ether oxygens (including phenoxy) is 4. The van der Waals surface area contributed by atoms with E-state index in [2.05, 4.69) is 40.0 Å². The van der Waals surface area contributed by atoms with Gasteiger partial charge in [-0.25, -0.2) is 5.43 Å². The van der Waals surface area contributed by atoms with E-state index >= 15 is 0 Å². The number of rotatable bonds is 10. The highest BCUT2D eigenvalue weighted by Crippen LogP contribution is 2.34. The van der Waals surface area contributed by atoms with Crippen LogP contribution in [-0.4, -0.2) is 39.6 Å². The highest BCUT2D eigenvalue weighted by molar-refractivity contribution is 14.1. The van der Waals surface area contributed by atoms with Crippen LogP contribution in [0.1, 0.15) is 36.2 Å². The van der Waals surface area contributed by atoms with Crippen molar-refractivity contribution in [2.45, 2.75) is 20.3 Å². The van der Waals surface area contributed by atoms with E-state index in [0.717, 1.165) is 21.3 Å². The highest BCUT2D eigenvalue weighted by Gasteiger charge is 2.12. The van der Waals surface area contributed by atoms with E-state index in [0.29, 0.717) is 36.0 Å². The normalized spacial score (nSPS) is 10.7. The summed E-state index contributed by atoms with van der Waals surface area (Å²) in [6.45, 7) is 5.10. The van der Waals surface area contributed by atoms with E-state index in [4.69, 9.17) is 18.9 Å². The summed E-state index contributed by atoms with van der Waals surface area (Å²) in [5.41, 5.74) is 3.68. The molecule has 7 nitrogen and oxygen atoms in total. The summed E-state index contributed by atoms with van der Waals surface area (Å²) < 4.78 is 22.8. The molecule has 0 spiro atoms. The number of hydrogen-bond acceptors (Lipinski definition) is 6. The molecule has 2 aromatic rings. The van der Waals surface area contributed by atoms with Gasteiger partial charge in [0.15, 0.2) is 11.5 Å². The largest absolute Gasteiger partial charge is 0.497 e. The number of nitrogens with zero attached hydrogens (tertiary/aromatic N) is 1. The lowest BCUT2D eigenvalue weighted by molar-refractivity contribution is 0.0954. The van der Waals surface area contributed by atoms with Crippen LogP contribution in [0.15, 0.2) is 35.4 Å². The average molecular weight is 512 g/mol. The van der Waals surface area contributed by atoms with Crippen molar-refractivity contribution in [2.24, 2.45) is 5.10 Å². The van der Waals surface area contributed by atoms with Crippen LogP contribution >= 0.6 is 22.6 Å². The van der Waals surface area contributed by atoms with E-state index in [1.807, 2.05) is 19.1 Å². The minimum absolute atomic E-state index is 0.374. The third-order valence-electron chi connectivity index (χ3n) is 3.78. The molecule has 0 bridgehead atoms. The summed E-state index contributed by atoms with van der Waals surface area (Å²) in [6, 6.07) is 8.67. The molecule has 0 radical (unpaired) electrons. The van der Waals surface area contributed by atoms with Crippen LogP contribution in [0.3, 0.4) is 0 Å². The van der Waals surface area contributed by atoms with Gasteiger partial charge in [0, 0.05) is 11.6 Å². The van der Waals surface area contributed by atoms with Gasteiger partial charge in [-0.1, -0.05) is 6.92 Å². The van der Waals surface area contributed by atoms with Crippen molar-refractivity contribution in [3.63, 3.8) is 0 Å². The molecule has 0 aromatic heterocycles. The van der Waals surface area contributed by atoms with Crippen LogP contribution in [0.25, 0.3) is 0 Å². The number of amides is 1. The van der Waals surface area contributed by atoms with Gasteiger partial charge in [-0.15, -0.1) is 0 Å². The maximum Gasteiger partial charge on any atom is 0.271 e. The SMILES string of the molecule is CCCOc1c(I)cc(/C=N\NC(=O)c2cc(OC)cc(OC)c2)cc1OCC. The van der Waals surface area contributed by atoms with E-state index in [9.17, 15) is 4.79 Å². The number of carbonyl (C=O) groups is 1. The Labute approximate surface area is 184 Å². The summed E-state index contributed by atoms with van der Waals surface area (Å²) in [4.78, 5) is 12.4. The zero-order chi connectivity index (χ0) is 21.2. The molecule has 156 valence electrons. The molecule has 0 fully saturated rings. The van der Waals surface area contributed by atoms with Crippen LogP contribution < -0.4 is 24.4 Å². The Morgan fingerprint density at radius 3 is 2.34 bits per heavy atom. The predicted molar refractivity (Wildman–Crippen MR) is 121 cm³/mol. The molecule has 29 heavy (non-hydrogen) atoms. The number of hydrazone groups is 1. The fourth-order valence-corrected chi connectivity index (χ4v) is 3.22. The Bertz CT molecular complexity index is 848. The third kappa shape index (κ3) is 6.52. The Kier molecular flexibility index (Phi) is 9.04. The number of benzene rings is 2. The lowest BCUT2D eigenvalue weighted by Gasteiger charge is -2.14. The Balaban J connectivity index is 2.16. The summed E-state index contributed by atoms with van der Waals surface area (Å²) in [7, 11) is 3.06. The Morgan fingerprint density at radius 2 is 1.76 bits per heavy atom. The number of nitrogens with one attached hydrogen (secondary N) is 1. The molecule has 1 N–H and O–H groups in total. The van der Waals surface area contributed by atoms with E-state index in [1.165, 1.54) is 14.2 Å². The van der Waals surface area contributed by atoms with Crippen LogP contribution in [0.4, 0.5) is 0 Å². The maximum absolute atomic E-state index is 12.4. The molecule has 0 heterocycles. The number of hydrogen-bond donors (Lipinski definition) is 1. The van der Waals surface area contributed by atoms with Gasteiger partial charge in [-0.3, -0.25) is 4.79 Å². The fourth-order valence-electron chi connectivity index (χ4n) is 2.44. The molecule has 0 aliphatic carbocycles. The van der Waals surface area contributed by atoms with Crippen molar-refractivity contribution < 1.29 is 23.7 Å². The van der Waals surface area contributed by atoms with E-state index < -0.39 is 0 Å². The first-order chi connectivity index (χ1) is 14.0. The van der Waals surface area contributed by atoms with Crippen molar-refractivity contribution in [3.05, 3.63) is 45.0 Å². The molecule has 0 aliphatic rings. The van der Waals surface area contributed by atoms with Gasteiger partial charge in [0.25, 0.3) is 5.91 Å². The second kappa shape index (κ2) is 11.5. The van der Waals surface area contributed by atoms with Crippen molar-refractivity contribution in [1.29, 1.82) is 0 Å². The molecule has 0 saturated heterocycles. The van der Waals surface area contributed by atoms with Gasteiger partial charge in [0.05, 0.1) is 37.2 Å². The van der Waals surface area contributed by atoms with Gasteiger partial charge in [-0.2, -0.15) is 5.10 Å². The smallest absolute Gasteiger partial charge is 0.271 e. The molecule has 0 aliphatic heterocycles. The lowest BCUT2D eigenvalue weighted by Crippen LogP contribution is -2.17. The second-order valence-corrected chi connectivity index (χ2v) is 7.07. The quantitative estimate of drug-likeness (QED) is 0.293. The first-order valence-corrected chi connectivity index (χ1v) is 10.3. The van der Waals surface area contributed by atoms with Crippen molar-refractivity contribution in [1.82, 2.24) is 5.43 Å². The number of methoxy groups -OCH3 is 2. The zero-order valence-corrected chi connectivity index (χ0v) is 19.1. The molecule has 0 saturated carbocycles. The van der Waals surface area contributed by atoms with Crippen LogP contribution in [0.2, 0.25) is 0 Å². The molecule has 1 amide bonds. The summed E-state index contributed by atoms with van der Waals surface area (Å²) in [5, 5.41) is 4.06. The standard InChI is InChI=1S/C21H25IN2O5/c1-5-7-29-20-18(22)8-14(9-19(20)28-6-2)13-23-24-21(25)15-10-16(26-3)12-17(11-15)27-4/h8-13H,5-7H2,1-4H3,(H,24,25)/b23-13-. The van der Waals surface area contributed by atoms with Crippen LogP contribution in [-0.2, 0) is 0 Å². The number of carbonyl (C=O) groups excluding carboxylic acids is 1. The van der Waals surface area contributed by atoms with E-state index in [-0.39, 0.29) is 5.91 Å². The molecule has 2 rings (SSSR count). The van der Waals surface area contributed by atoms with Crippen molar-refractivity contribution >= 4 is 34.7 Å². The monoisotopic (exact) mass is 512 g/mol. The van der Waals surface area contributed by atoms with Gasteiger partial charge in [0.2, 0.25) is 0 Å². The molecular formula is C21H25IN2O5. The van der Waals surface area contributed by atoms with Gasteiger partial charge in [-0.05, 0) is 65.8 Å². The molecule has 0 unspecified atom stereocenters. The first kappa shape index (κ1) is 22.8. The van der Waals surface area contributed by atoms with Crippen LogP contribution in [0, 0.1) is 3.57 Å². The summed E-state index contributed by atoms with van der Waals surface area (Å²) in [6.07, 6.45) is 2.47. The van der Waals surface area contributed by atoms with Gasteiger partial charge in [0.1, 0.15) is 11.5 Å². The molecule has 0 atom stereocenters. The maximum atomic E-state index is 12.4. The van der Waals surface area contributed by atoms with Crippen LogP contribution in [0.5, 0.6) is 23.0 Å². The minimum Gasteiger partial charge on any atom is -0.497 e. The van der Waals surface area contributed by atoms with Crippen molar-refractivity contribution in [2.75, 3.05) is 27.4 Å². The predicted octanol–water partition coefficient (Wildman–Crippen LogP) is 4.26. The average Bonchev–Trinajstić information content (AvgIpc) is 2.72. The first-order valence-electron chi connectivity index (χ1n) is 9.17. The van der Waals surface area contributed by atoms with Gasteiger partial charge >= 0.3 is 0 Å². The molecule has 8 heteroatoms. The Morgan fingerprint density at radius 1 is 1.07 bits per heavy atom. The van der Waals surface area contributed by atoms with Gasteiger partial charge < -0.3 is 18.9 Å². The van der Waals surface area contributed by atoms with Crippen molar-refractivity contribution in [3.8, 4) is 23.0 Å². The summed E-state index contributed by atoms with van der Waals surface area (Å²) in [5.74, 6) is 2.05. The highest BCUT2D eigenvalue weighted by atomic mass is 127. The van der Waals surface area contributed by atoms with E-state index in [1.54, 1.807) is 24.4 Å². The zero-order valence-electron chi connectivity index (χ0n) is 17.0. The fraction of sp³-hybridized carbons (Fsp3) is 0.333.